The molecule has 1 fully saturated rings. The predicted molar refractivity (Wildman–Crippen MR) is 133 cm³/mol. The van der Waals surface area contributed by atoms with E-state index >= 15 is 0 Å². The van der Waals surface area contributed by atoms with E-state index < -0.39 is 9.84 Å². The summed E-state index contributed by atoms with van der Waals surface area (Å²) in [6.07, 6.45) is 14.5. The van der Waals surface area contributed by atoms with Crippen LogP contribution >= 0.6 is 0 Å². The average Bonchev–Trinajstić information content (AvgIpc) is 3.33. The Labute approximate surface area is 191 Å². The van der Waals surface area contributed by atoms with Crippen molar-refractivity contribution in [2.24, 2.45) is 5.92 Å². The summed E-state index contributed by atoms with van der Waals surface area (Å²) in [6, 6.07) is 19.1. The van der Waals surface area contributed by atoms with Crippen molar-refractivity contribution in [1.29, 1.82) is 0 Å². The molecule has 1 aliphatic rings. The lowest BCUT2D eigenvalue weighted by atomic mass is 10.0. The fourth-order valence-corrected chi connectivity index (χ4v) is 5.63. The van der Waals surface area contributed by atoms with E-state index in [9.17, 15) is 8.42 Å². The number of pyridine rings is 1. The molecule has 0 atom stereocenters. The summed E-state index contributed by atoms with van der Waals surface area (Å²) in [5.41, 5.74) is 3.83. The molecule has 166 valence electrons. The van der Waals surface area contributed by atoms with Gasteiger partial charge in [-0.25, -0.2) is 8.42 Å². The summed E-state index contributed by atoms with van der Waals surface area (Å²) in [6.45, 7) is 0. The quantitative estimate of drug-likeness (QED) is 0.395. The van der Waals surface area contributed by atoms with Gasteiger partial charge in [0.05, 0.1) is 10.6 Å². The molecule has 0 amide bonds. The van der Waals surface area contributed by atoms with E-state index in [1.165, 1.54) is 25.7 Å². The molecule has 2 aromatic carbocycles. The lowest BCUT2D eigenvalue weighted by molar-refractivity contribution is 0.494. The molecule has 0 saturated heterocycles. The zero-order valence-corrected chi connectivity index (χ0v) is 19.1. The van der Waals surface area contributed by atoms with E-state index in [4.69, 9.17) is 0 Å². The van der Waals surface area contributed by atoms with E-state index in [1.54, 1.807) is 24.4 Å². The molecule has 0 bridgehead atoms. The van der Waals surface area contributed by atoms with Crippen LogP contribution in [0.25, 0.3) is 12.2 Å². The lowest BCUT2D eigenvalue weighted by Gasteiger charge is -2.11. The molecule has 0 aliphatic heterocycles. The molecule has 1 aliphatic carbocycles. The number of hydrogen-bond acceptors (Lipinski definition) is 4. The van der Waals surface area contributed by atoms with Crippen molar-refractivity contribution in [3.8, 4) is 0 Å². The van der Waals surface area contributed by atoms with Crippen LogP contribution in [0.15, 0.2) is 78.0 Å². The standard InChI is InChI=1S/C27H30N2O2S/c30-32(31,19-5-9-22-6-1-2-7-22)27-11-3-10-26(20-27)29-25-16-14-23(15-17-25)12-13-24-8-4-18-28-21-24/h3-4,8,10-18,20-22,29H,1-2,5-7,9,19H2/b13-12+. The molecule has 5 heteroatoms. The highest BCUT2D eigenvalue weighted by Crippen LogP contribution is 2.29. The van der Waals surface area contributed by atoms with Gasteiger partial charge in [0.1, 0.15) is 0 Å². The van der Waals surface area contributed by atoms with Crippen LogP contribution in [0, 0.1) is 5.92 Å². The van der Waals surface area contributed by atoms with Gasteiger partial charge in [0.25, 0.3) is 0 Å². The SMILES string of the molecule is O=S(=O)(CCCC1CCCC1)c1cccc(Nc2ccc(/C=C/c3cccnc3)cc2)c1. The Balaban J connectivity index is 1.36. The molecular formula is C27H30N2O2S. The first-order valence-corrected chi connectivity index (χ1v) is 13.0. The van der Waals surface area contributed by atoms with Gasteiger partial charge in [-0.2, -0.15) is 0 Å². The molecule has 0 unspecified atom stereocenters. The largest absolute Gasteiger partial charge is 0.355 e. The molecule has 1 heterocycles. The third-order valence-corrected chi connectivity index (χ3v) is 7.84. The van der Waals surface area contributed by atoms with Gasteiger partial charge < -0.3 is 5.32 Å². The number of hydrogen-bond donors (Lipinski definition) is 1. The van der Waals surface area contributed by atoms with Gasteiger partial charge in [-0.15, -0.1) is 0 Å². The summed E-state index contributed by atoms with van der Waals surface area (Å²) >= 11 is 0. The van der Waals surface area contributed by atoms with E-state index in [2.05, 4.69) is 10.3 Å². The van der Waals surface area contributed by atoms with Gasteiger partial charge in [-0.1, -0.05) is 62.1 Å². The zero-order chi connectivity index (χ0) is 22.2. The van der Waals surface area contributed by atoms with Crippen molar-refractivity contribution in [2.45, 2.75) is 43.4 Å². The van der Waals surface area contributed by atoms with Gasteiger partial charge in [-0.3, -0.25) is 4.98 Å². The number of nitrogens with zero attached hydrogens (tertiary/aromatic N) is 1. The van der Waals surface area contributed by atoms with E-state index in [1.807, 2.05) is 60.8 Å². The Hall–Kier alpha value is -2.92. The molecule has 32 heavy (non-hydrogen) atoms. The van der Waals surface area contributed by atoms with Gasteiger partial charge in [0.2, 0.25) is 0 Å². The lowest BCUT2D eigenvalue weighted by Crippen LogP contribution is -2.08. The Morgan fingerprint density at radius 3 is 2.44 bits per heavy atom. The van der Waals surface area contributed by atoms with Crippen LogP contribution in [0.5, 0.6) is 0 Å². The number of rotatable bonds is 9. The van der Waals surface area contributed by atoms with E-state index in [0.29, 0.717) is 4.90 Å². The number of benzene rings is 2. The maximum Gasteiger partial charge on any atom is 0.178 e. The molecule has 3 aromatic rings. The number of sulfone groups is 1. The first-order chi connectivity index (χ1) is 15.6. The molecular weight excluding hydrogens is 416 g/mol. The topological polar surface area (TPSA) is 59.1 Å². The fourth-order valence-electron chi connectivity index (χ4n) is 4.26. The third-order valence-electron chi connectivity index (χ3n) is 6.05. The Morgan fingerprint density at radius 2 is 1.69 bits per heavy atom. The Kier molecular flexibility index (Phi) is 7.38. The van der Waals surface area contributed by atoms with Crippen molar-refractivity contribution in [3.05, 3.63) is 84.2 Å². The monoisotopic (exact) mass is 446 g/mol. The van der Waals surface area contributed by atoms with Crippen LogP contribution in [-0.4, -0.2) is 19.2 Å². The summed E-state index contributed by atoms with van der Waals surface area (Å²) < 4.78 is 25.6. The Morgan fingerprint density at radius 1 is 0.906 bits per heavy atom. The van der Waals surface area contributed by atoms with Crippen LogP contribution in [0.4, 0.5) is 11.4 Å². The van der Waals surface area contributed by atoms with Crippen molar-refractivity contribution in [2.75, 3.05) is 11.1 Å². The van der Waals surface area contributed by atoms with Crippen LogP contribution in [0.2, 0.25) is 0 Å². The number of aromatic nitrogens is 1. The summed E-state index contributed by atoms with van der Waals surface area (Å²) in [5, 5.41) is 3.32. The number of nitrogens with one attached hydrogen (secondary N) is 1. The first kappa shape index (κ1) is 22.3. The minimum absolute atomic E-state index is 0.227. The molecule has 0 radical (unpaired) electrons. The fraction of sp³-hybridized carbons (Fsp3) is 0.296. The highest BCUT2D eigenvalue weighted by atomic mass is 32.2. The molecule has 1 aromatic heterocycles. The molecule has 1 N–H and O–H groups in total. The van der Waals surface area contributed by atoms with Crippen LogP contribution < -0.4 is 5.32 Å². The van der Waals surface area contributed by atoms with Crippen molar-refractivity contribution in [1.82, 2.24) is 4.98 Å². The van der Waals surface area contributed by atoms with Crippen LogP contribution in [0.1, 0.15) is 49.7 Å². The molecule has 4 nitrogen and oxygen atoms in total. The normalized spacial score (nSPS) is 14.8. The van der Waals surface area contributed by atoms with Crippen LogP contribution in [0.3, 0.4) is 0 Å². The van der Waals surface area contributed by atoms with Crippen molar-refractivity contribution < 1.29 is 8.42 Å². The van der Waals surface area contributed by atoms with Crippen LogP contribution in [-0.2, 0) is 9.84 Å². The summed E-state index contributed by atoms with van der Waals surface area (Å²) in [5.74, 6) is 0.950. The minimum atomic E-state index is -3.26. The first-order valence-electron chi connectivity index (χ1n) is 11.4. The molecule has 1 saturated carbocycles. The van der Waals surface area contributed by atoms with E-state index in [-0.39, 0.29) is 5.75 Å². The summed E-state index contributed by atoms with van der Waals surface area (Å²) in [4.78, 5) is 4.51. The average molecular weight is 447 g/mol. The maximum atomic E-state index is 12.8. The molecule has 0 spiro atoms. The van der Waals surface area contributed by atoms with E-state index in [0.717, 1.165) is 41.3 Å². The van der Waals surface area contributed by atoms with Gasteiger partial charge >= 0.3 is 0 Å². The van der Waals surface area contributed by atoms with Gasteiger partial charge in [0, 0.05) is 23.8 Å². The summed E-state index contributed by atoms with van der Waals surface area (Å²) in [7, 11) is -3.26. The number of anilines is 2. The minimum Gasteiger partial charge on any atom is -0.355 e. The predicted octanol–water partition coefficient (Wildman–Crippen LogP) is 6.74. The van der Waals surface area contributed by atoms with Gasteiger partial charge in [0.15, 0.2) is 9.84 Å². The highest BCUT2D eigenvalue weighted by molar-refractivity contribution is 7.91. The van der Waals surface area contributed by atoms with Crippen molar-refractivity contribution >= 4 is 33.4 Å². The second-order valence-electron chi connectivity index (χ2n) is 8.51. The second-order valence-corrected chi connectivity index (χ2v) is 10.6. The third kappa shape index (κ3) is 6.30. The Bertz CT molecular complexity index is 1130. The molecule has 4 rings (SSSR count). The van der Waals surface area contributed by atoms with Gasteiger partial charge in [-0.05, 0) is 66.3 Å². The smallest absolute Gasteiger partial charge is 0.178 e. The second kappa shape index (κ2) is 10.6. The zero-order valence-electron chi connectivity index (χ0n) is 18.3. The highest BCUT2D eigenvalue weighted by Gasteiger charge is 2.18. The maximum absolute atomic E-state index is 12.8. The van der Waals surface area contributed by atoms with Crippen molar-refractivity contribution in [3.63, 3.8) is 0 Å².